The molecule has 3 N–H and O–H groups in total. The number of hydrogen-bond acceptors (Lipinski definition) is 6. The summed E-state index contributed by atoms with van der Waals surface area (Å²) in [5, 5.41) is 13.3. The first-order valence-electron chi connectivity index (χ1n) is 4.25. The van der Waals surface area contributed by atoms with Crippen LogP contribution in [-0.2, 0) is 20.0 Å². The first-order chi connectivity index (χ1) is 7.74. The van der Waals surface area contributed by atoms with Crippen molar-refractivity contribution in [3.63, 3.8) is 0 Å². The van der Waals surface area contributed by atoms with Crippen molar-refractivity contribution >= 4 is 31.4 Å². The Morgan fingerprint density at radius 3 is 2.47 bits per heavy atom. The molecule has 0 bridgehead atoms. The van der Waals surface area contributed by atoms with Gasteiger partial charge in [0.2, 0.25) is 20.0 Å². The average molecular weight is 295 g/mol. The zero-order chi connectivity index (χ0) is 13.1. The van der Waals surface area contributed by atoms with Crippen molar-refractivity contribution in [2.45, 2.75) is 4.21 Å². The first-order valence-corrected chi connectivity index (χ1v) is 8.26. The van der Waals surface area contributed by atoms with Gasteiger partial charge in [0.15, 0.2) is 0 Å². The Morgan fingerprint density at radius 1 is 1.35 bits per heavy atom. The van der Waals surface area contributed by atoms with E-state index in [2.05, 4.69) is 4.72 Å². The van der Waals surface area contributed by atoms with Crippen molar-refractivity contribution in [3.05, 3.63) is 17.0 Å². The number of thiophene rings is 1. The Balaban J connectivity index is 2.73. The maximum atomic E-state index is 11.6. The van der Waals surface area contributed by atoms with E-state index < -0.39 is 25.8 Å². The third kappa shape index (κ3) is 4.41. The van der Waals surface area contributed by atoms with Crippen molar-refractivity contribution in [1.29, 1.82) is 5.26 Å². The molecule has 0 spiro atoms. The molecule has 0 fully saturated rings. The van der Waals surface area contributed by atoms with Crippen molar-refractivity contribution in [1.82, 2.24) is 4.72 Å². The van der Waals surface area contributed by atoms with Crippen molar-refractivity contribution in [2.24, 2.45) is 5.14 Å². The minimum absolute atomic E-state index is 0.0385. The monoisotopic (exact) mass is 295 g/mol. The SMILES string of the molecule is N#Cc1ccc(S(=O)(=O)NCCS(N)(=O)=O)s1. The normalized spacial score (nSPS) is 12.2. The van der Waals surface area contributed by atoms with Gasteiger partial charge >= 0.3 is 0 Å². The average Bonchev–Trinajstić information content (AvgIpc) is 2.63. The molecule has 0 radical (unpaired) electrons. The molecule has 1 rings (SSSR count). The molecule has 1 heterocycles. The van der Waals surface area contributed by atoms with E-state index in [1.54, 1.807) is 0 Å². The minimum Gasteiger partial charge on any atom is -0.229 e. The molecule has 0 aliphatic carbocycles. The van der Waals surface area contributed by atoms with Gasteiger partial charge in [-0.2, -0.15) is 5.26 Å². The van der Waals surface area contributed by atoms with Gasteiger partial charge in [0.05, 0.1) is 5.75 Å². The highest BCUT2D eigenvalue weighted by Gasteiger charge is 2.17. The van der Waals surface area contributed by atoms with Crippen LogP contribution in [0.1, 0.15) is 4.88 Å². The van der Waals surface area contributed by atoms with Crippen molar-refractivity contribution in [3.8, 4) is 6.07 Å². The summed E-state index contributed by atoms with van der Waals surface area (Å²) in [6.45, 7) is -0.305. The fourth-order valence-corrected chi connectivity index (χ4v) is 3.61. The fourth-order valence-electron chi connectivity index (χ4n) is 0.914. The molecule has 0 aromatic carbocycles. The third-order valence-corrected chi connectivity index (χ3v) is 5.35. The van der Waals surface area contributed by atoms with Gasteiger partial charge in [0, 0.05) is 6.54 Å². The van der Waals surface area contributed by atoms with Crippen LogP contribution in [0.15, 0.2) is 16.3 Å². The largest absolute Gasteiger partial charge is 0.250 e. The van der Waals surface area contributed by atoms with Gasteiger partial charge in [-0.1, -0.05) is 0 Å². The number of nitrogens with two attached hydrogens (primary N) is 1. The van der Waals surface area contributed by atoms with Crippen molar-refractivity contribution < 1.29 is 16.8 Å². The summed E-state index contributed by atoms with van der Waals surface area (Å²) >= 11 is 0.805. The van der Waals surface area contributed by atoms with Crippen LogP contribution in [0.4, 0.5) is 0 Å². The maximum absolute atomic E-state index is 11.6. The molecule has 1 aromatic rings. The lowest BCUT2D eigenvalue weighted by molar-refractivity contribution is 0.583. The molecular formula is C7H9N3O4S3. The zero-order valence-corrected chi connectivity index (χ0v) is 10.9. The number of nitrogens with zero attached hydrogens (tertiary/aromatic N) is 1. The number of rotatable bonds is 5. The summed E-state index contributed by atoms with van der Waals surface area (Å²) in [4.78, 5) is 0.261. The molecular weight excluding hydrogens is 286 g/mol. The summed E-state index contributed by atoms with van der Waals surface area (Å²) in [5.74, 6) is -0.483. The summed E-state index contributed by atoms with van der Waals surface area (Å²) in [6, 6.07) is 4.46. The van der Waals surface area contributed by atoms with E-state index in [-0.39, 0.29) is 15.6 Å². The van der Waals surface area contributed by atoms with Crippen LogP contribution >= 0.6 is 11.3 Å². The molecule has 10 heteroatoms. The van der Waals surface area contributed by atoms with Gasteiger partial charge in [-0.25, -0.2) is 26.7 Å². The summed E-state index contributed by atoms with van der Waals surface area (Å²) < 4.78 is 46.5. The van der Waals surface area contributed by atoms with Crippen LogP contribution in [0.5, 0.6) is 0 Å². The Kier molecular flexibility index (Phi) is 4.23. The molecule has 0 amide bonds. The minimum atomic E-state index is -3.77. The quantitative estimate of drug-likeness (QED) is 0.733. The maximum Gasteiger partial charge on any atom is 0.250 e. The summed E-state index contributed by atoms with van der Waals surface area (Å²) in [7, 11) is -7.48. The third-order valence-electron chi connectivity index (χ3n) is 1.64. The smallest absolute Gasteiger partial charge is 0.229 e. The van der Waals surface area contributed by atoms with Gasteiger partial charge in [-0.3, -0.25) is 0 Å². The number of nitrogens with one attached hydrogen (secondary N) is 1. The lowest BCUT2D eigenvalue weighted by Crippen LogP contribution is -2.31. The van der Waals surface area contributed by atoms with E-state index in [9.17, 15) is 16.8 Å². The number of primary sulfonamides is 1. The fraction of sp³-hybridized carbons (Fsp3) is 0.286. The van der Waals surface area contributed by atoms with Crippen LogP contribution in [0.3, 0.4) is 0 Å². The van der Waals surface area contributed by atoms with E-state index in [0.29, 0.717) is 0 Å². The standard InChI is InChI=1S/C7H9N3O4S3/c8-5-6-1-2-7(15-6)17(13,14)10-3-4-16(9,11)12/h1-2,10H,3-4H2,(H2,9,11,12). The van der Waals surface area contributed by atoms with Gasteiger partial charge < -0.3 is 0 Å². The van der Waals surface area contributed by atoms with Crippen LogP contribution in [0.2, 0.25) is 0 Å². The van der Waals surface area contributed by atoms with E-state index in [4.69, 9.17) is 10.4 Å². The Bertz CT molecular complexity index is 638. The summed E-state index contributed by atoms with van der Waals surface area (Å²) in [6.07, 6.45) is 0. The topological polar surface area (TPSA) is 130 Å². The van der Waals surface area contributed by atoms with E-state index in [0.717, 1.165) is 11.3 Å². The number of nitriles is 1. The second-order valence-electron chi connectivity index (χ2n) is 3.00. The predicted octanol–water partition coefficient (Wildman–Crippen LogP) is -0.813. The van der Waals surface area contributed by atoms with E-state index in [1.165, 1.54) is 12.1 Å². The highest BCUT2D eigenvalue weighted by atomic mass is 32.2. The molecule has 0 aliphatic heterocycles. The van der Waals surface area contributed by atoms with Gasteiger partial charge in [0.1, 0.15) is 15.2 Å². The van der Waals surface area contributed by atoms with E-state index >= 15 is 0 Å². The van der Waals surface area contributed by atoms with E-state index in [1.807, 2.05) is 6.07 Å². The van der Waals surface area contributed by atoms with Crippen LogP contribution < -0.4 is 9.86 Å². The molecule has 0 aliphatic rings. The highest BCUT2D eigenvalue weighted by molar-refractivity contribution is 7.91. The molecule has 17 heavy (non-hydrogen) atoms. The van der Waals surface area contributed by atoms with Gasteiger partial charge in [0.25, 0.3) is 0 Å². The number of sulfonamides is 2. The van der Waals surface area contributed by atoms with Gasteiger partial charge in [-0.05, 0) is 12.1 Å². The Morgan fingerprint density at radius 2 is 2.00 bits per heavy atom. The van der Waals surface area contributed by atoms with Crippen LogP contribution in [-0.4, -0.2) is 29.1 Å². The highest BCUT2D eigenvalue weighted by Crippen LogP contribution is 2.20. The second kappa shape index (κ2) is 5.11. The molecule has 0 saturated carbocycles. The summed E-state index contributed by atoms with van der Waals surface area (Å²) in [5.41, 5.74) is 0. The molecule has 0 saturated heterocycles. The predicted molar refractivity (Wildman–Crippen MR) is 62.2 cm³/mol. The Hall–Kier alpha value is -0.990. The van der Waals surface area contributed by atoms with Crippen LogP contribution in [0, 0.1) is 11.3 Å². The molecule has 94 valence electrons. The van der Waals surface area contributed by atoms with Gasteiger partial charge in [-0.15, -0.1) is 11.3 Å². The zero-order valence-electron chi connectivity index (χ0n) is 8.45. The van der Waals surface area contributed by atoms with Crippen LogP contribution in [0.25, 0.3) is 0 Å². The molecule has 1 aromatic heterocycles. The molecule has 0 atom stereocenters. The molecule has 0 unspecified atom stereocenters. The van der Waals surface area contributed by atoms with Crippen molar-refractivity contribution in [2.75, 3.05) is 12.3 Å². The lowest BCUT2D eigenvalue weighted by atomic mass is 10.5. The second-order valence-corrected chi connectivity index (χ2v) is 7.81. The molecule has 7 nitrogen and oxygen atoms in total. The lowest BCUT2D eigenvalue weighted by Gasteiger charge is -2.02. The number of hydrogen-bond donors (Lipinski definition) is 2. The first kappa shape index (κ1) is 14.1. The Labute approximate surface area is 103 Å².